The van der Waals surface area contributed by atoms with E-state index in [-0.39, 0.29) is 0 Å². The molecule has 0 saturated heterocycles. The van der Waals surface area contributed by atoms with Crippen LogP contribution in [0.1, 0.15) is 38.5 Å². The Labute approximate surface area is 139 Å². The SMILES string of the molecule is Brc1ccccc1Nc1nncc(NC2CCCCCC2)n1. The lowest BCUT2D eigenvalue weighted by molar-refractivity contribution is 0.617. The van der Waals surface area contributed by atoms with Gasteiger partial charge in [0.15, 0.2) is 5.82 Å². The van der Waals surface area contributed by atoms with Crippen molar-refractivity contribution in [1.29, 1.82) is 0 Å². The standard InChI is InChI=1S/C16H20BrN5/c17-13-9-5-6-10-14(13)20-16-21-15(11-18-22-16)19-12-7-3-1-2-4-8-12/h5-6,9-12H,1-4,7-8H2,(H2,19,20,21,22). The van der Waals surface area contributed by atoms with Gasteiger partial charge in [-0.1, -0.05) is 37.8 Å². The first-order chi connectivity index (χ1) is 10.8. The number of nitrogens with zero attached hydrogens (tertiary/aromatic N) is 3. The van der Waals surface area contributed by atoms with Gasteiger partial charge in [0.25, 0.3) is 0 Å². The van der Waals surface area contributed by atoms with Gasteiger partial charge in [-0.25, -0.2) is 0 Å². The molecule has 0 amide bonds. The van der Waals surface area contributed by atoms with Crippen molar-refractivity contribution >= 4 is 33.4 Å². The van der Waals surface area contributed by atoms with E-state index in [0.717, 1.165) is 16.0 Å². The lowest BCUT2D eigenvalue weighted by Crippen LogP contribution is -2.19. The molecule has 116 valence electrons. The molecule has 5 nitrogen and oxygen atoms in total. The molecular formula is C16H20BrN5. The molecule has 1 aliphatic carbocycles. The average molecular weight is 362 g/mol. The second-order valence-corrected chi connectivity index (χ2v) is 6.46. The van der Waals surface area contributed by atoms with Gasteiger partial charge in [0, 0.05) is 10.5 Å². The van der Waals surface area contributed by atoms with Crippen LogP contribution in [0, 0.1) is 0 Å². The molecule has 1 aromatic carbocycles. The predicted octanol–water partition coefficient (Wildman–Crippen LogP) is 4.51. The third-order valence-electron chi connectivity index (χ3n) is 3.89. The number of aromatic nitrogens is 3. The summed E-state index contributed by atoms with van der Waals surface area (Å²) in [5, 5.41) is 14.8. The molecule has 0 bridgehead atoms. The van der Waals surface area contributed by atoms with Crippen LogP contribution >= 0.6 is 15.9 Å². The summed E-state index contributed by atoms with van der Waals surface area (Å²) in [4.78, 5) is 4.52. The molecule has 0 aliphatic heterocycles. The molecule has 3 rings (SSSR count). The molecule has 0 atom stereocenters. The van der Waals surface area contributed by atoms with Crippen LogP contribution in [0.3, 0.4) is 0 Å². The van der Waals surface area contributed by atoms with E-state index in [0.29, 0.717) is 12.0 Å². The fraction of sp³-hybridized carbons (Fsp3) is 0.438. The maximum atomic E-state index is 4.52. The Morgan fingerprint density at radius 1 is 1.05 bits per heavy atom. The van der Waals surface area contributed by atoms with Gasteiger partial charge in [0.05, 0.1) is 11.9 Å². The smallest absolute Gasteiger partial charge is 0.249 e. The highest BCUT2D eigenvalue weighted by Crippen LogP contribution is 2.24. The van der Waals surface area contributed by atoms with Gasteiger partial charge in [-0.2, -0.15) is 10.1 Å². The van der Waals surface area contributed by atoms with E-state index in [2.05, 4.69) is 41.7 Å². The van der Waals surface area contributed by atoms with Crippen molar-refractivity contribution in [2.45, 2.75) is 44.6 Å². The Bertz CT molecular complexity index is 611. The zero-order valence-corrected chi connectivity index (χ0v) is 14.0. The first-order valence-corrected chi connectivity index (χ1v) is 8.58. The summed E-state index contributed by atoms with van der Waals surface area (Å²) in [6.07, 6.45) is 9.37. The minimum Gasteiger partial charge on any atom is -0.366 e. The van der Waals surface area contributed by atoms with Gasteiger partial charge >= 0.3 is 0 Å². The van der Waals surface area contributed by atoms with Crippen molar-refractivity contribution < 1.29 is 0 Å². The van der Waals surface area contributed by atoms with E-state index in [1.165, 1.54) is 38.5 Å². The topological polar surface area (TPSA) is 62.7 Å². The lowest BCUT2D eigenvalue weighted by Gasteiger charge is -2.16. The average Bonchev–Trinajstić information content (AvgIpc) is 2.79. The Morgan fingerprint density at radius 3 is 2.59 bits per heavy atom. The molecule has 1 fully saturated rings. The van der Waals surface area contributed by atoms with E-state index in [1.54, 1.807) is 6.20 Å². The first-order valence-electron chi connectivity index (χ1n) is 7.79. The molecule has 0 unspecified atom stereocenters. The highest BCUT2D eigenvalue weighted by atomic mass is 79.9. The van der Waals surface area contributed by atoms with Crippen LogP contribution in [0.4, 0.5) is 17.5 Å². The Kier molecular flexibility index (Phi) is 5.21. The highest BCUT2D eigenvalue weighted by Gasteiger charge is 2.13. The number of benzene rings is 1. The third-order valence-corrected chi connectivity index (χ3v) is 4.58. The number of anilines is 3. The molecule has 1 saturated carbocycles. The second kappa shape index (κ2) is 7.54. The Balaban J connectivity index is 1.68. The minimum absolute atomic E-state index is 0.496. The number of rotatable bonds is 4. The first kappa shape index (κ1) is 15.2. The zero-order valence-electron chi connectivity index (χ0n) is 12.4. The van der Waals surface area contributed by atoms with Crippen molar-refractivity contribution in [3.05, 3.63) is 34.9 Å². The van der Waals surface area contributed by atoms with E-state index in [4.69, 9.17) is 0 Å². The van der Waals surface area contributed by atoms with E-state index >= 15 is 0 Å². The summed E-state index contributed by atoms with van der Waals surface area (Å²) in [6.45, 7) is 0. The number of hydrogen-bond donors (Lipinski definition) is 2. The van der Waals surface area contributed by atoms with Crippen molar-refractivity contribution in [2.24, 2.45) is 0 Å². The van der Waals surface area contributed by atoms with Crippen LogP contribution in [-0.4, -0.2) is 21.2 Å². The molecule has 2 aromatic rings. The summed E-state index contributed by atoms with van der Waals surface area (Å²) in [7, 11) is 0. The van der Waals surface area contributed by atoms with Crippen LogP contribution < -0.4 is 10.6 Å². The van der Waals surface area contributed by atoms with E-state index in [1.807, 2.05) is 24.3 Å². The maximum absolute atomic E-state index is 4.52. The van der Waals surface area contributed by atoms with E-state index in [9.17, 15) is 0 Å². The summed E-state index contributed by atoms with van der Waals surface area (Å²) in [6, 6.07) is 8.38. The molecule has 0 spiro atoms. The number of hydrogen-bond acceptors (Lipinski definition) is 5. The van der Waals surface area contributed by atoms with Gasteiger partial charge in [-0.15, -0.1) is 5.10 Å². The fourth-order valence-electron chi connectivity index (χ4n) is 2.74. The lowest BCUT2D eigenvalue weighted by atomic mass is 10.1. The third kappa shape index (κ3) is 4.16. The molecule has 0 radical (unpaired) electrons. The molecule has 22 heavy (non-hydrogen) atoms. The highest BCUT2D eigenvalue weighted by molar-refractivity contribution is 9.10. The molecule has 6 heteroatoms. The van der Waals surface area contributed by atoms with Crippen LogP contribution in [0.15, 0.2) is 34.9 Å². The minimum atomic E-state index is 0.496. The van der Waals surface area contributed by atoms with Crippen molar-refractivity contribution in [1.82, 2.24) is 15.2 Å². The van der Waals surface area contributed by atoms with Gasteiger partial charge in [0.2, 0.25) is 5.95 Å². The second-order valence-electron chi connectivity index (χ2n) is 5.60. The van der Waals surface area contributed by atoms with Crippen LogP contribution in [-0.2, 0) is 0 Å². The number of para-hydroxylation sites is 1. The summed E-state index contributed by atoms with van der Waals surface area (Å²) < 4.78 is 0.973. The van der Waals surface area contributed by atoms with E-state index < -0.39 is 0 Å². The maximum Gasteiger partial charge on any atom is 0.249 e. The molecular weight excluding hydrogens is 342 g/mol. The summed E-state index contributed by atoms with van der Waals surface area (Å²) >= 11 is 3.51. The fourth-order valence-corrected chi connectivity index (χ4v) is 3.13. The predicted molar refractivity (Wildman–Crippen MR) is 92.4 cm³/mol. The molecule has 1 aromatic heterocycles. The van der Waals surface area contributed by atoms with Crippen molar-refractivity contribution in [2.75, 3.05) is 10.6 Å². The normalized spacial score (nSPS) is 16.0. The van der Waals surface area contributed by atoms with Crippen LogP contribution in [0.25, 0.3) is 0 Å². The van der Waals surface area contributed by atoms with Crippen LogP contribution in [0.5, 0.6) is 0 Å². The molecule has 2 N–H and O–H groups in total. The van der Waals surface area contributed by atoms with Crippen molar-refractivity contribution in [3.63, 3.8) is 0 Å². The van der Waals surface area contributed by atoms with Crippen molar-refractivity contribution in [3.8, 4) is 0 Å². The molecule has 1 aliphatic rings. The Morgan fingerprint density at radius 2 is 1.82 bits per heavy atom. The quantitative estimate of drug-likeness (QED) is 0.784. The van der Waals surface area contributed by atoms with Gasteiger partial charge in [-0.3, -0.25) is 0 Å². The largest absolute Gasteiger partial charge is 0.366 e. The van der Waals surface area contributed by atoms with Gasteiger partial charge < -0.3 is 10.6 Å². The van der Waals surface area contributed by atoms with Gasteiger partial charge in [0.1, 0.15) is 0 Å². The van der Waals surface area contributed by atoms with Crippen LogP contribution in [0.2, 0.25) is 0 Å². The number of nitrogens with one attached hydrogen (secondary N) is 2. The summed E-state index contributed by atoms with van der Waals surface area (Å²) in [5.41, 5.74) is 0.927. The van der Waals surface area contributed by atoms with Gasteiger partial charge in [-0.05, 0) is 40.9 Å². The summed E-state index contributed by atoms with van der Waals surface area (Å²) in [5.74, 6) is 1.29. The number of halogens is 1. The Hall–Kier alpha value is -1.69. The zero-order chi connectivity index (χ0) is 15.2. The monoisotopic (exact) mass is 361 g/mol. The molecule has 1 heterocycles.